The molecule has 1 saturated heterocycles. The van der Waals surface area contributed by atoms with E-state index < -0.39 is 11.6 Å². The van der Waals surface area contributed by atoms with Crippen LogP contribution >= 0.6 is 0 Å². The summed E-state index contributed by atoms with van der Waals surface area (Å²) in [6.07, 6.45) is -0.176. The number of imide groups is 1. The van der Waals surface area contributed by atoms with E-state index in [1.165, 1.54) is 4.90 Å². The molecule has 0 aromatic carbocycles. The van der Waals surface area contributed by atoms with Crippen molar-refractivity contribution in [2.75, 3.05) is 6.61 Å². The summed E-state index contributed by atoms with van der Waals surface area (Å²) in [5, 5.41) is 0. The minimum Gasteiger partial charge on any atom is -0.447 e. The van der Waals surface area contributed by atoms with Gasteiger partial charge in [-0.05, 0) is 12.8 Å². The minimum atomic E-state index is -0.506. The SMILES string of the molecule is CCC(=O)N1C(=O)OC[C@@]1(C)C(C)C. The Hall–Kier alpha value is -1.06. The molecule has 0 aromatic heterocycles. The van der Waals surface area contributed by atoms with Crippen LogP contribution in [0.4, 0.5) is 4.79 Å². The lowest BCUT2D eigenvalue weighted by molar-refractivity contribution is -0.132. The van der Waals surface area contributed by atoms with Crippen molar-refractivity contribution in [2.45, 2.75) is 39.7 Å². The Morgan fingerprint density at radius 3 is 2.64 bits per heavy atom. The fraction of sp³-hybridized carbons (Fsp3) is 0.800. The van der Waals surface area contributed by atoms with E-state index in [-0.39, 0.29) is 11.8 Å². The van der Waals surface area contributed by atoms with E-state index in [0.29, 0.717) is 13.0 Å². The third-order valence-electron chi connectivity index (χ3n) is 2.98. The second kappa shape index (κ2) is 3.59. The highest BCUT2D eigenvalue weighted by Gasteiger charge is 2.48. The Balaban J connectivity index is 2.98. The number of ether oxygens (including phenoxy) is 1. The number of carbonyl (C=O) groups is 2. The van der Waals surface area contributed by atoms with Gasteiger partial charge in [0, 0.05) is 6.42 Å². The molecular weight excluding hydrogens is 182 g/mol. The van der Waals surface area contributed by atoms with Crippen molar-refractivity contribution in [3.8, 4) is 0 Å². The Labute approximate surface area is 84.2 Å². The van der Waals surface area contributed by atoms with Gasteiger partial charge in [0.25, 0.3) is 0 Å². The number of hydrogen-bond donors (Lipinski definition) is 0. The first-order valence-electron chi connectivity index (χ1n) is 4.93. The fourth-order valence-corrected chi connectivity index (χ4v) is 1.52. The zero-order valence-electron chi connectivity index (χ0n) is 9.16. The van der Waals surface area contributed by atoms with Gasteiger partial charge in [0.15, 0.2) is 0 Å². The Morgan fingerprint density at radius 2 is 2.21 bits per heavy atom. The second-order valence-corrected chi connectivity index (χ2v) is 4.15. The molecule has 4 heteroatoms. The molecule has 1 aliphatic rings. The van der Waals surface area contributed by atoms with Gasteiger partial charge in [-0.2, -0.15) is 0 Å². The summed E-state index contributed by atoms with van der Waals surface area (Å²) in [4.78, 5) is 24.2. The van der Waals surface area contributed by atoms with E-state index in [1.54, 1.807) is 6.92 Å². The molecule has 2 amide bonds. The van der Waals surface area contributed by atoms with Gasteiger partial charge in [-0.1, -0.05) is 20.8 Å². The predicted molar refractivity (Wildman–Crippen MR) is 51.7 cm³/mol. The average molecular weight is 199 g/mol. The molecule has 4 nitrogen and oxygen atoms in total. The molecule has 1 rings (SSSR count). The molecule has 0 bridgehead atoms. The molecule has 14 heavy (non-hydrogen) atoms. The molecule has 0 unspecified atom stereocenters. The van der Waals surface area contributed by atoms with Crippen LogP contribution in [0.3, 0.4) is 0 Å². The van der Waals surface area contributed by atoms with Crippen molar-refractivity contribution in [1.82, 2.24) is 4.90 Å². The molecule has 0 aromatic rings. The van der Waals surface area contributed by atoms with Gasteiger partial charge in [0.05, 0.1) is 5.54 Å². The maximum atomic E-state index is 11.6. The van der Waals surface area contributed by atoms with Gasteiger partial charge in [0.2, 0.25) is 5.91 Å². The number of hydrogen-bond acceptors (Lipinski definition) is 3. The molecule has 1 aliphatic heterocycles. The zero-order valence-corrected chi connectivity index (χ0v) is 9.16. The fourth-order valence-electron chi connectivity index (χ4n) is 1.52. The molecule has 0 radical (unpaired) electrons. The van der Waals surface area contributed by atoms with Crippen molar-refractivity contribution in [3.63, 3.8) is 0 Å². The summed E-state index contributed by atoms with van der Waals surface area (Å²) in [5.41, 5.74) is -0.482. The smallest absolute Gasteiger partial charge is 0.417 e. The van der Waals surface area contributed by atoms with Gasteiger partial charge < -0.3 is 4.74 Å². The average Bonchev–Trinajstić information content (AvgIpc) is 2.43. The maximum Gasteiger partial charge on any atom is 0.417 e. The van der Waals surface area contributed by atoms with Gasteiger partial charge in [-0.25, -0.2) is 9.69 Å². The molecule has 1 heterocycles. The second-order valence-electron chi connectivity index (χ2n) is 4.15. The van der Waals surface area contributed by atoms with Gasteiger partial charge in [-0.3, -0.25) is 4.79 Å². The van der Waals surface area contributed by atoms with Crippen LogP contribution in [0.2, 0.25) is 0 Å². The summed E-state index contributed by atoms with van der Waals surface area (Å²) in [6, 6.07) is 0. The highest BCUT2D eigenvalue weighted by atomic mass is 16.6. The van der Waals surface area contributed by atoms with Crippen LogP contribution in [-0.4, -0.2) is 29.0 Å². The molecule has 1 fully saturated rings. The highest BCUT2D eigenvalue weighted by Crippen LogP contribution is 2.31. The van der Waals surface area contributed by atoms with Crippen LogP contribution in [0, 0.1) is 5.92 Å². The van der Waals surface area contributed by atoms with Crippen LogP contribution in [0.5, 0.6) is 0 Å². The lowest BCUT2D eigenvalue weighted by Crippen LogP contribution is -2.51. The van der Waals surface area contributed by atoms with E-state index in [2.05, 4.69) is 0 Å². The number of amides is 2. The first-order valence-corrected chi connectivity index (χ1v) is 4.93. The lowest BCUT2D eigenvalue weighted by Gasteiger charge is -2.33. The predicted octanol–water partition coefficient (Wildman–Crippen LogP) is 1.79. The first-order chi connectivity index (χ1) is 6.43. The van der Waals surface area contributed by atoms with Gasteiger partial charge in [0.1, 0.15) is 6.61 Å². The molecule has 0 spiro atoms. The highest BCUT2D eigenvalue weighted by molar-refractivity contribution is 5.94. The van der Waals surface area contributed by atoms with E-state index in [9.17, 15) is 9.59 Å². The molecular formula is C10H17NO3. The van der Waals surface area contributed by atoms with Gasteiger partial charge in [-0.15, -0.1) is 0 Å². The first kappa shape index (κ1) is 11.0. The van der Waals surface area contributed by atoms with Crippen molar-refractivity contribution in [2.24, 2.45) is 5.92 Å². The molecule has 0 aliphatic carbocycles. The van der Waals surface area contributed by atoms with Crippen LogP contribution in [0.1, 0.15) is 34.1 Å². The molecule has 80 valence electrons. The summed E-state index contributed by atoms with van der Waals surface area (Å²) < 4.78 is 4.93. The summed E-state index contributed by atoms with van der Waals surface area (Å²) in [7, 11) is 0. The quantitative estimate of drug-likeness (QED) is 0.681. The van der Waals surface area contributed by atoms with E-state index >= 15 is 0 Å². The van der Waals surface area contributed by atoms with E-state index in [1.807, 2.05) is 20.8 Å². The van der Waals surface area contributed by atoms with Crippen molar-refractivity contribution in [1.29, 1.82) is 0 Å². The number of carbonyl (C=O) groups excluding carboxylic acids is 2. The summed E-state index contributed by atoms with van der Waals surface area (Å²) in [5.74, 6) is 0.0353. The molecule has 0 saturated carbocycles. The zero-order chi connectivity index (χ0) is 10.9. The number of cyclic esters (lactones) is 1. The van der Waals surface area contributed by atoms with E-state index in [0.717, 1.165) is 0 Å². The summed E-state index contributed by atoms with van der Waals surface area (Å²) >= 11 is 0. The largest absolute Gasteiger partial charge is 0.447 e. The Morgan fingerprint density at radius 1 is 1.64 bits per heavy atom. The van der Waals surface area contributed by atoms with E-state index in [4.69, 9.17) is 4.74 Å². The van der Waals surface area contributed by atoms with Gasteiger partial charge >= 0.3 is 6.09 Å². The van der Waals surface area contributed by atoms with Crippen LogP contribution in [-0.2, 0) is 9.53 Å². The lowest BCUT2D eigenvalue weighted by atomic mass is 9.88. The standard InChI is InChI=1S/C10H17NO3/c1-5-8(12)11-9(13)14-6-10(11,4)7(2)3/h7H,5-6H2,1-4H3/t10-/m0/s1. The third-order valence-corrected chi connectivity index (χ3v) is 2.98. The van der Waals surface area contributed by atoms with Crippen molar-refractivity contribution < 1.29 is 14.3 Å². The molecule has 0 N–H and O–H groups in total. The number of rotatable bonds is 2. The van der Waals surface area contributed by atoms with Crippen molar-refractivity contribution in [3.05, 3.63) is 0 Å². The topological polar surface area (TPSA) is 46.6 Å². The minimum absolute atomic E-state index is 0.163. The van der Waals surface area contributed by atoms with Crippen LogP contribution in [0.25, 0.3) is 0 Å². The van der Waals surface area contributed by atoms with Crippen molar-refractivity contribution >= 4 is 12.0 Å². The molecule has 1 atom stereocenters. The monoisotopic (exact) mass is 199 g/mol. The number of nitrogens with zero attached hydrogens (tertiary/aromatic N) is 1. The normalized spacial score (nSPS) is 26.9. The van der Waals surface area contributed by atoms with Crippen LogP contribution in [0.15, 0.2) is 0 Å². The Bertz CT molecular complexity index is 262. The maximum absolute atomic E-state index is 11.6. The Kier molecular flexibility index (Phi) is 2.83. The van der Waals surface area contributed by atoms with Crippen LogP contribution < -0.4 is 0 Å². The third kappa shape index (κ3) is 1.49. The summed E-state index contributed by atoms with van der Waals surface area (Å²) in [6.45, 7) is 7.90.